The Balaban J connectivity index is 1.69. The highest BCUT2D eigenvalue weighted by molar-refractivity contribution is 6.03. The van der Waals surface area contributed by atoms with Crippen LogP contribution in [0.25, 0.3) is 0 Å². The van der Waals surface area contributed by atoms with E-state index in [2.05, 4.69) is 10.3 Å². The van der Waals surface area contributed by atoms with Gasteiger partial charge in [-0.15, -0.1) is 0 Å². The topological polar surface area (TPSA) is 45.2 Å². The minimum Gasteiger partial charge on any atom is -0.343 e. The number of hydrogen-bond acceptors (Lipinski definition) is 3. The smallest absolute Gasteiger partial charge is 0.343 e. The molecule has 4 nitrogen and oxygen atoms in total. The average Bonchev–Trinajstić information content (AvgIpc) is 2.68. The maximum Gasteiger partial charge on any atom is 0.416 e. The number of hydrogen-bond donors (Lipinski definition) is 1. The second kappa shape index (κ2) is 7.49. The predicted octanol–water partition coefficient (Wildman–Crippen LogP) is 5.12. The van der Waals surface area contributed by atoms with Gasteiger partial charge in [-0.25, -0.2) is 4.98 Å². The SMILES string of the molecule is CN(c1ccccc1)c1ccc(C(=O)Nc2ccc(C(F)(F)F)cc2)nc1. The van der Waals surface area contributed by atoms with Crippen LogP contribution in [-0.2, 0) is 6.18 Å². The van der Waals surface area contributed by atoms with Gasteiger partial charge in [0, 0.05) is 18.4 Å². The number of aromatic nitrogens is 1. The largest absolute Gasteiger partial charge is 0.416 e. The van der Waals surface area contributed by atoms with Gasteiger partial charge in [0.25, 0.3) is 5.91 Å². The number of nitrogens with one attached hydrogen (secondary N) is 1. The maximum absolute atomic E-state index is 12.6. The van der Waals surface area contributed by atoms with Crippen LogP contribution in [0.15, 0.2) is 72.9 Å². The first-order valence-corrected chi connectivity index (χ1v) is 8.08. The van der Waals surface area contributed by atoms with E-state index in [9.17, 15) is 18.0 Å². The zero-order valence-corrected chi connectivity index (χ0v) is 14.4. The molecule has 1 amide bonds. The normalized spacial score (nSPS) is 11.1. The number of pyridine rings is 1. The third-order valence-corrected chi connectivity index (χ3v) is 3.98. The maximum atomic E-state index is 12.6. The summed E-state index contributed by atoms with van der Waals surface area (Å²) in [6, 6.07) is 17.2. The van der Waals surface area contributed by atoms with Gasteiger partial charge in [-0.3, -0.25) is 4.79 Å². The lowest BCUT2D eigenvalue weighted by Crippen LogP contribution is -2.15. The van der Waals surface area contributed by atoms with Crippen LogP contribution in [0.4, 0.5) is 30.2 Å². The van der Waals surface area contributed by atoms with E-state index in [1.165, 1.54) is 12.1 Å². The van der Waals surface area contributed by atoms with E-state index >= 15 is 0 Å². The summed E-state index contributed by atoms with van der Waals surface area (Å²) in [5.74, 6) is -0.497. The third-order valence-electron chi connectivity index (χ3n) is 3.98. The Bertz CT molecular complexity index is 908. The van der Waals surface area contributed by atoms with Crippen LogP contribution < -0.4 is 10.2 Å². The molecule has 0 spiro atoms. The quantitative estimate of drug-likeness (QED) is 0.692. The van der Waals surface area contributed by atoms with Gasteiger partial charge in [-0.1, -0.05) is 18.2 Å². The molecule has 3 aromatic rings. The number of rotatable bonds is 4. The molecule has 1 aromatic heterocycles. The number of para-hydroxylation sites is 1. The van der Waals surface area contributed by atoms with E-state index in [-0.39, 0.29) is 11.4 Å². The molecule has 0 saturated carbocycles. The van der Waals surface area contributed by atoms with Crippen LogP contribution in [0.2, 0.25) is 0 Å². The van der Waals surface area contributed by atoms with E-state index < -0.39 is 17.6 Å². The highest BCUT2D eigenvalue weighted by Gasteiger charge is 2.30. The Kier molecular flexibility index (Phi) is 5.12. The van der Waals surface area contributed by atoms with Gasteiger partial charge in [0.1, 0.15) is 5.69 Å². The molecule has 3 rings (SSSR count). The van der Waals surface area contributed by atoms with Crippen LogP contribution in [0.3, 0.4) is 0 Å². The van der Waals surface area contributed by atoms with Gasteiger partial charge in [-0.2, -0.15) is 13.2 Å². The Hall–Kier alpha value is -3.35. The summed E-state index contributed by atoms with van der Waals surface area (Å²) in [4.78, 5) is 18.3. The first-order valence-electron chi connectivity index (χ1n) is 8.08. The lowest BCUT2D eigenvalue weighted by Gasteiger charge is -2.19. The van der Waals surface area contributed by atoms with Crippen LogP contribution in [0, 0.1) is 0 Å². The summed E-state index contributed by atoms with van der Waals surface area (Å²) in [6.07, 6.45) is -2.85. The van der Waals surface area contributed by atoms with Gasteiger partial charge in [-0.05, 0) is 48.5 Å². The van der Waals surface area contributed by atoms with Crippen molar-refractivity contribution in [3.63, 3.8) is 0 Å². The molecule has 1 heterocycles. The summed E-state index contributed by atoms with van der Waals surface area (Å²) in [5.41, 5.74) is 1.43. The van der Waals surface area contributed by atoms with Crippen LogP contribution in [-0.4, -0.2) is 17.9 Å². The molecule has 0 atom stereocenters. The molecule has 0 unspecified atom stereocenters. The predicted molar refractivity (Wildman–Crippen MR) is 98.1 cm³/mol. The molecule has 27 heavy (non-hydrogen) atoms. The Morgan fingerprint density at radius 1 is 0.926 bits per heavy atom. The molecule has 0 fully saturated rings. The van der Waals surface area contributed by atoms with Crippen molar-refractivity contribution in [1.82, 2.24) is 4.98 Å². The minimum absolute atomic E-state index is 0.167. The Morgan fingerprint density at radius 3 is 2.15 bits per heavy atom. The molecule has 138 valence electrons. The average molecular weight is 371 g/mol. The van der Waals surface area contributed by atoms with E-state index in [1.54, 1.807) is 18.3 Å². The number of alkyl halides is 3. The standard InChI is InChI=1S/C20H16F3N3O/c1-26(16-5-3-2-4-6-16)17-11-12-18(24-13-17)19(27)25-15-9-7-14(8-10-15)20(21,22)23/h2-13H,1H3,(H,25,27). The first-order chi connectivity index (χ1) is 12.8. The van der Waals surface area contributed by atoms with Gasteiger partial charge >= 0.3 is 6.18 Å². The lowest BCUT2D eigenvalue weighted by atomic mass is 10.2. The third kappa shape index (κ3) is 4.44. The number of halogens is 3. The molecule has 0 aliphatic rings. The van der Waals surface area contributed by atoms with Crippen LogP contribution in [0.1, 0.15) is 16.1 Å². The molecular formula is C20H16F3N3O. The number of amides is 1. The summed E-state index contributed by atoms with van der Waals surface area (Å²) < 4.78 is 37.7. The highest BCUT2D eigenvalue weighted by atomic mass is 19.4. The molecule has 0 aliphatic carbocycles. The molecular weight excluding hydrogens is 355 g/mol. The number of nitrogens with zero attached hydrogens (tertiary/aromatic N) is 2. The van der Waals surface area contributed by atoms with Crippen molar-refractivity contribution in [2.24, 2.45) is 0 Å². The lowest BCUT2D eigenvalue weighted by molar-refractivity contribution is -0.137. The summed E-state index contributed by atoms with van der Waals surface area (Å²) in [6.45, 7) is 0. The van der Waals surface area contributed by atoms with Crippen molar-refractivity contribution in [2.45, 2.75) is 6.18 Å². The van der Waals surface area contributed by atoms with E-state index in [0.29, 0.717) is 0 Å². The first kappa shape index (κ1) is 18.4. The monoisotopic (exact) mass is 371 g/mol. The second-order valence-electron chi connectivity index (χ2n) is 5.83. The number of carbonyl (C=O) groups excluding carboxylic acids is 1. The molecule has 0 bridgehead atoms. The van der Waals surface area contributed by atoms with Gasteiger partial charge in [0.2, 0.25) is 0 Å². The Labute approximate surface area is 154 Å². The summed E-state index contributed by atoms with van der Waals surface area (Å²) >= 11 is 0. The molecule has 0 saturated heterocycles. The molecule has 7 heteroatoms. The number of anilines is 3. The Morgan fingerprint density at radius 2 is 1.59 bits per heavy atom. The highest BCUT2D eigenvalue weighted by Crippen LogP contribution is 2.30. The van der Waals surface area contributed by atoms with E-state index in [4.69, 9.17) is 0 Å². The summed E-state index contributed by atoms with van der Waals surface area (Å²) in [5, 5.41) is 2.53. The van der Waals surface area contributed by atoms with Crippen molar-refractivity contribution in [2.75, 3.05) is 17.3 Å². The molecule has 1 N–H and O–H groups in total. The van der Waals surface area contributed by atoms with Gasteiger partial charge in [0.05, 0.1) is 17.4 Å². The van der Waals surface area contributed by atoms with Crippen molar-refractivity contribution in [1.29, 1.82) is 0 Å². The molecule has 0 aliphatic heterocycles. The molecule has 0 radical (unpaired) electrons. The fourth-order valence-corrected chi connectivity index (χ4v) is 2.46. The number of benzene rings is 2. The van der Waals surface area contributed by atoms with Crippen LogP contribution in [0.5, 0.6) is 0 Å². The summed E-state index contributed by atoms with van der Waals surface area (Å²) in [7, 11) is 1.88. The van der Waals surface area contributed by atoms with Crippen molar-refractivity contribution < 1.29 is 18.0 Å². The minimum atomic E-state index is -4.41. The van der Waals surface area contributed by atoms with Crippen molar-refractivity contribution >= 4 is 23.0 Å². The van der Waals surface area contributed by atoms with Crippen molar-refractivity contribution in [3.05, 3.63) is 84.2 Å². The number of carbonyl (C=O) groups is 1. The van der Waals surface area contributed by atoms with E-state index in [1.807, 2.05) is 42.3 Å². The fraction of sp³-hybridized carbons (Fsp3) is 0.100. The zero-order valence-electron chi connectivity index (χ0n) is 14.4. The zero-order chi connectivity index (χ0) is 19.4. The fourth-order valence-electron chi connectivity index (χ4n) is 2.46. The second-order valence-corrected chi connectivity index (χ2v) is 5.83. The van der Waals surface area contributed by atoms with E-state index in [0.717, 1.165) is 23.5 Å². The van der Waals surface area contributed by atoms with Gasteiger partial charge in [0.15, 0.2) is 0 Å². The van der Waals surface area contributed by atoms with Crippen LogP contribution >= 0.6 is 0 Å². The van der Waals surface area contributed by atoms with Crippen molar-refractivity contribution in [3.8, 4) is 0 Å². The molecule has 2 aromatic carbocycles. The van der Waals surface area contributed by atoms with Gasteiger partial charge < -0.3 is 10.2 Å².